The van der Waals surface area contributed by atoms with Gasteiger partial charge >= 0.3 is 0 Å². The van der Waals surface area contributed by atoms with E-state index in [0.717, 1.165) is 69.1 Å². The molecule has 4 rings (SSSR count). The second-order valence-electron chi connectivity index (χ2n) is 7.43. The highest BCUT2D eigenvalue weighted by molar-refractivity contribution is 5.96. The van der Waals surface area contributed by atoms with Gasteiger partial charge in [-0.2, -0.15) is 0 Å². The molecule has 0 saturated carbocycles. The molecule has 1 N–H and O–H groups in total. The Bertz CT molecular complexity index is 808. The minimum absolute atomic E-state index is 0.0622. The van der Waals surface area contributed by atoms with E-state index in [2.05, 4.69) is 51.4 Å². The highest BCUT2D eigenvalue weighted by Crippen LogP contribution is 2.25. The average Bonchev–Trinajstić information content (AvgIpc) is 2.92. The molecule has 27 heavy (non-hydrogen) atoms. The maximum Gasteiger partial charge on any atom is 0.270 e. The van der Waals surface area contributed by atoms with Crippen LogP contribution in [0.1, 0.15) is 33.9 Å². The quantitative estimate of drug-likeness (QED) is 0.893. The maximum atomic E-state index is 12.4. The average molecular weight is 365 g/mol. The minimum Gasteiger partial charge on any atom is -0.355 e. The lowest BCUT2D eigenvalue weighted by molar-refractivity contribution is 0.0940. The van der Waals surface area contributed by atoms with Crippen LogP contribution < -0.4 is 10.2 Å². The van der Waals surface area contributed by atoms with Crippen LogP contribution in [0, 0.1) is 0 Å². The molecule has 3 heterocycles. The number of carbonyl (C=O) groups excluding carboxylic acids is 1. The summed E-state index contributed by atoms with van der Waals surface area (Å²) in [6, 6.07) is 10.4. The van der Waals surface area contributed by atoms with Crippen molar-refractivity contribution in [1.82, 2.24) is 20.2 Å². The van der Waals surface area contributed by atoms with Gasteiger partial charge in [0.1, 0.15) is 17.3 Å². The number of hydrogen-bond acceptors (Lipinski definition) is 5. The van der Waals surface area contributed by atoms with E-state index < -0.39 is 0 Å². The summed E-state index contributed by atoms with van der Waals surface area (Å²) in [5.41, 5.74) is 2.86. The van der Waals surface area contributed by atoms with Crippen LogP contribution in [0.15, 0.2) is 30.3 Å². The zero-order chi connectivity index (χ0) is 18.6. The number of nitrogens with one attached hydrogen (secondary N) is 1. The van der Waals surface area contributed by atoms with Gasteiger partial charge in [0.25, 0.3) is 5.91 Å². The summed E-state index contributed by atoms with van der Waals surface area (Å²) in [6.45, 7) is 4.71. The van der Waals surface area contributed by atoms with Crippen molar-refractivity contribution in [1.29, 1.82) is 0 Å². The minimum atomic E-state index is -0.0622. The molecule has 1 aromatic carbocycles. The second kappa shape index (κ2) is 8.05. The Hall–Kier alpha value is -2.47. The van der Waals surface area contributed by atoms with Crippen LogP contribution in [0.25, 0.3) is 0 Å². The molecule has 142 valence electrons. The monoisotopic (exact) mass is 365 g/mol. The molecule has 6 heteroatoms. The van der Waals surface area contributed by atoms with Crippen molar-refractivity contribution in [3.05, 3.63) is 53.0 Å². The molecule has 2 aromatic rings. The highest BCUT2D eigenvalue weighted by atomic mass is 16.1. The third-order valence-electron chi connectivity index (χ3n) is 5.41. The van der Waals surface area contributed by atoms with Crippen LogP contribution in [0.5, 0.6) is 0 Å². The zero-order valence-corrected chi connectivity index (χ0v) is 15.9. The van der Waals surface area contributed by atoms with E-state index >= 15 is 0 Å². The first-order valence-electron chi connectivity index (χ1n) is 9.86. The molecule has 0 spiro atoms. The predicted molar refractivity (Wildman–Crippen MR) is 106 cm³/mol. The second-order valence-corrected chi connectivity index (χ2v) is 7.43. The molecular weight excluding hydrogens is 338 g/mol. The van der Waals surface area contributed by atoms with Gasteiger partial charge in [0.05, 0.1) is 0 Å². The third kappa shape index (κ3) is 4.11. The van der Waals surface area contributed by atoms with Crippen molar-refractivity contribution in [3.8, 4) is 0 Å². The molecule has 2 aliphatic rings. The van der Waals surface area contributed by atoms with Gasteiger partial charge in [-0.1, -0.05) is 30.3 Å². The Morgan fingerprint density at radius 1 is 1.04 bits per heavy atom. The summed E-state index contributed by atoms with van der Waals surface area (Å²) in [6.07, 6.45) is 3.54. The summed E-state index contributed by atoms with van der Waals surface area (Å²) in [5.74, 6) is 1.68. The van der Waals surface area contributed by atoms with E-state index in [1.165, 1.54) is 5.56 Å². The fourth-order valence-corrected chi connectivity index (χ4v) is 3.85. The van der Waals surface area contributed by atoms with Crippen molar-refractivity contribution in [2.45, 2.75) is 25.7 Å². The molecule has 6 nitrogen and oxygen atoms in total. The Kier molecular flexibility index (Phi) is 5.34. The molecular formula is C21H27N5O. The number of aromatic nitrogens is 2. The third-order valence-corrected chi connectivity index (χ3v) is 5.41. The summed E-state index contributed by atoms with van der Waals surface area (Å²) in [7, 11) is 2.16. The van der Waals surface area contributed by atoms with Crippen LogP contribution in [0.2, 0.25) is 0 Å². The van der Waals surface area contributed by atoms with Gasteiger partial charge < -0.3 is 15.1 Å². The maximum absolute atomic E-state index is 12.4. The topological polar surface area (TPSA) is 61.4 Å². The van der Waals surface area contributed by atoms with Gasteiger partial charge in [0.15, 0.2) is 0 Å². The first-order chi connectivity index (χ1) is 13.2. The molecule has 1 amide bonds. The SMILES string of the molecule is CN1CCCN(c2nc(CCc3ccccc3)nc3c2CCNC3=O)CC1. The number of amides is 1. The van der Waals surface area contributed by atoms with E-state index in [9.17, 15) is 4.79 Å². The van der Waals surface area contributed by atoms with Crippen LogP contribution in [-0.2, 0) is 19.3 Å². The van der Waals surface area contributed by atoms with Gasteiger partial charge in [0.2, 0.25) is 0 Å². The van der Waals surface area contributed by atoms with Gasteiger partial charge in [0, 0.05) is 38.2 Å². The van der Waals surface area contributed by atoms with Crippen molar-refractivity contribution in [2.75, 3.05) is 44.7 Å². The normalized spacial score (nSPS) is 18.0. The Labute approximate surface area is 160 Å². The van der Waals surface area contributed by atoms with E-state index in [-0.39, 0.29) is 5.91 Å². The lowest BCUT2D eigenvalue weighted by Crippen LogP contribution is -2.37. The fourth-order valence-electron chi connectivity index (χ4n) is 3.85. The van der Waals surface area contributed by atoms with Crippen LogP contribution in [0.3, 0.4) is 0 Å². The predicted octanol–water partition coefficient (Wildman–Crippen LogP) is 1.69. The molecule has 0 unspecified atom stereocenters. The molecule has 0 atom stereocenters. The van der Waals surface area contributed by atoms with Gasteiger partial charge in [-0.15, -0.1) is 0 Å². The van der Waals surface area contributed by atoms with Gasteiger partial charge in [-0.3, -0.25) is 4.79 Å². The number of aryl methyl sites for hydroxylation is 2. The number of hydrogen-bond donors (Lipinski definition) is 1. The number of nitrogens with zero attached hydrogens (tertiary/aromatic N) is 4. The van der Waals surface area contributed by atoms with E-state index in [1.54, 1.807) is 0 Å². The first-order valence-corrected chi connectivity index (χ1v) is 9.86. The summed E-state index contributed by atoms with van der Waals surface area (Å²) in [5, 5.41) is 2.93. The van der Waals surface area contributed by atoms with E-state index in [4.69, 9.17) is 4.98 Å². The molecule has 0 bridgehead atoms. The van der Waals surface area contributed by atoms with Crippen molar-refractivity contribution in [3.63, 3.8) is 0 Å². The lowest BCUT2D eigenvalue weighted by Gasteiger charge is -2.27. The molecule has 1 saturated heterocycles. The highest BCUT2D eigenvalue weighted by Gasteiger charge is 2.27. The summed E-state index contributed by atoms with van der Waals surface area (Å²) < 4.78 is 0. The smallest absolute Gasteiger partial charge is 0.270 e. The summed E-state index contributed by atoms with van der Waals surface area (Å²) in [4.78, 5) is 26.7. The first kappa shape index (κ1) is 17.9. The number of benzene rings is 1. The largest absolute Gasteiger partial charge is 0.355 e. The summed E-state index contributed by atoms with van der Waals surface area (Å²) >= 11 is 0. The number of fused-ring (bicyclic) bond motifs is 1. The van der Waals surface area contributed by atoms with Crippen LogP contribution in [0.4, 0.5) is 5.82 Å². The van der Waals surface area contributed by atoms with Crippen LogP contribution in [-0.4, -0.2) is 60.5 Å². The van der Waals surface area contributed by atoms with Gasteiger partial charge in [-0.05, 0) is 38.4 Å². The Balaban J connectivity index is 1.64. The van der Waals surface area contributed by atoms with E-state index in [1.807, 2.05) is 6.07 Å². The van der Waals surface area contributed by atoms with Crippen molar-refractivity contribution in [2.24, 2.45) is 0 Å². The van der Waals surface area contributed by atoms with E-state index in [0.29, 0.717) is 12.2 Å². The van der Waals surface area contributed by atoms with Crippen LogP contribution >= 0.6 is 0 Å². The molecule has 0 aliphatic carbocycles. The zero-order valence-electron chi connectivity index (χ0n) is 15.9. The number of likely N-dealkylation sites (N-methyl/N-ethyl adjacent to an activating group) is 1. The molecule has 1 aromatic heterocycles. The molecule has 2 aliphatic heterocycles. The number of carbonyl (C=O) groups is 1. The van der Waals surface area contributed by atoms with Crippen molar-refractivity contribution < 1.29 is 4.79 Å². The van der Waals surface area contributed by atoms with Gasteiger partial charge in [-0.25, -0.2) is 9.97 Å². The number of anilines is 1. The molecule has 0 radical (unpaired) electrons. The standard InChI is InChI=1S/C21H27N5O/c1-25-12-5-13-26(15-14-25)20-17-10-11-22-21(27)19(17)23-18(24-20)9-8-16-6-3-2-4-7-16/h2-4,6-7H,5,8-15H2,1H3,(H,22,27). The Morgan fingerprint density at radius 3 is 2.74 bits per heavy atom. The Morgan fingerprint density at radius 2 is 1.89 bits per heavy atom. The molecule has 1 fully saturated rings. The fraction of sp³-hybridized carbons (Fsp3) is 0.476. The van der Waals surface area contributed by atoms with Crippen molar-refractivity contribution >= 4 is 11.7 Å². The lowest BCUT2D eigenvalue weighted by atomic mass is 10.0. The number of rotatable bonds is 4.